The first-order chi connectivity index (χ1) is 8.49. The summed E-state index contributed by atoms with van der Waals surface area (Å²) >= 11 is 0. The van der Waals surface area contributed by atoms with Gasteiger partial charge >= 0.3 is 5.97 Å². The van der Waals surface area contributed by atoms with Crippen LogP contribution in [0.5, 0.6) is 0 Å². The molecule has 7 nitrogen and oxygen atoms in total. The maximum atomic E-state index is 11.6. The molecule has 1 aromatic rings. The summed E-state index contributed by atoms with van der Waals surface area (Å²) in [4.78, 5) is 52.9. The standard InChI is InChI=1S/C11H10N2O5/c1-6-4-8(14)7(5-12-6)11(17)18-13-9(15)2-3-10(13)16/h4-5H,2-3H2,1H3,(H,12,14). The van der Waals surface area contributed by atoms with Crippen LogP contribution in [0.25, 0.3) is 0 Å². The van der Waals surface area contributed by atoms with Crippen molar-refractivity contribution in [1.29, 1.82) is 0 Å². The topological polar surface area (TPSA) is 96.5 Å². The van der Waals surface area contributed by atoms with E-state index >= 15 is 0 Å². The van der Waals surface area contributed by atoms with Gasteiger partial charge in [0.2, 0.25) is 0 Å². The molecule has 0 aliphatic carbocycles. The number of hydroxylamine groups is 2. The summed E-state index contributed by atoms with van der Waals surface area (Å²) in [6.45, 7) is 1.66. The molecule has 0 radical (unpaired) electrons. The molecule has 1 aliphatic rings. The van der Waals surface area contributed by atoms with Crippen molar-refractivity contribution in [2.24, 2.45) is 0 Å². The van der Waals surface area contributed by atoms with E-state index in [-0.39, 0.29) is 18.4 Å². The molecule has 1 N–H and O–H groups in total. The molecular formula is C11H10N2O5. The molecule has 1 aliphatic heterocycles. The van der Waals surface area contributed by atoms with Gasteiger partial charge in [0, 0.05) is 30.8 Å². The molecule has 1 fully saturated rings. The molecule has 2 heterocycles. The number of pyridine rings is 1. The summed E-state index contributed by atoms with van der Waals surface area (Å²) in [6, 6.07) is 1.23. The molecule has 0 atom stereocenters. The monoisotopic (exact) mass is 250 g/mol. The summed E-state index contributed by atoms with van der Waals surface area (Å²) in [5.74, 6) is -2.20. The third-order valence-electron chi connectivity index (χ3n) is 2.46. The Morgan fingerprint density at radius 2 is 1.89 bits per heavy atom. The highest BCUT2D eigenvalue weighted by Crippen LogP contribution is 2.13. The molecular weight excluding hydrogens is 240 g/mol. The molecule has 0 spiro atoms. The molecule has 2 rings (SSSR count). The normalized spacial score (nSPS) is 15.1. The van der Waals surface area contributed by atoms with Crippen molar-refractivity contribution < 1.29 is 19.2 Å². The van der Waals surface area contributed by atoms with Crippen LogP contribution in [0.4, 0.5) is 0 Å². The summed E-state index contributed by atoms with van der Waals surface area (Å²) < 4.78 is 0. The highest BCUT2D eigenvalue weighted by atomic mass is 16.7. The van der Waals surface area contributed by atoms with Gasteiger partial charge in [-0.25, -0.2) is 4.79 Å². The lowest BCUT2D eigenvalue weighted by molar-refractivity contribution is -0.172. The van der Waals surface area contributed by atoms with E-state index in [2.05, 4.69) is 9.82 Å². The van der Waals surface area contributed by atoms with Crippen LogP contribution >= 0.6 is 0 Å². The minimum atomic E-state index is -1.03. The van der Waals surface area contributed by atoms with Crippen molar-refractivity contribution in [3.8, 4) is 0 Å². The van der Waals surface area contributed by atoms with E-state index in [1.807, 2.05) is 0 Å². The lowest BCUT2D eigenvalue weighted by atomic mass is 10.2. The second-order valence-corrected chi connectivity index (χ2v) is 3.85. The molecule has 1 aromatic heterocycles. The number of aryl methyl sites for hydroxylation is 1. The predicted octanol–water partition coefficient (Wildman–Crippen LogP) is -0.0959. The van der Waals surface area contributed by atoms with Gasteiger partial charge in [0.05, 0.1) is 0 Å². The number of aromatic nitrogens is 1. The maximum absolute atomic E-state index is 11.6. The molecule has 7 heteroatoms. The zero-order chi connectivity index (χ0) is 13.3. The van der Waals surface area contributed by atoms with Crippen molar-refractivity contribution in [2.75, 3.05) is 0 Å². The largest absolute Gasteiger partial charge is 0.369 e. The predicted molar refractivity (Wildman–Crippen MR) is 58.3 cm³/mol. The Morgan fingerprint density at radius 3 is 2.44 bits per heavy atom. The number of carbonyl (C=O) groups excluding carboxylic acids is 3. The number of carbonyl (C=O) groups is 3. The van der Waals surface area contributed by atoms with Crippen LogP contribution < -0.4 is 5.43 Å². The Labute approximate surface area is 101 Å². The van der Waals surface area contributed by atoms with E-state index in [1.54, 1.807) is 6.92 Å². The summed E-state index contributed by atoms with van der Waals surface area (Å²) in [7, 11) is 0. The quantitative estimate of drug-likeness (QED) is 0.739. The summed E-state index contributed by atoms with van der Waals surface area (Å²) in [5, 5.41) is 0.404. The zero-order valence-corrected chi connectivity index (χ0v) is 9.56. The number of H-pyrrole nitrogens is 1. The van der Waals surface area contributed by atoms with E-state index < -0.39 is 23.2 Å². The molecule has 0 aromatic carbocycles. The van der Waals surface area contributed by atoms with Crippen LogP contribution in [0.2, 0.25) is 0 Å². The Balaban J connectivity index is 2.20. The fraction of sp³-hybridized carbons (Fsp3) is 0.273. The van der Waals surface area contributed by atoms with Gasteiger partial charge in [0.15, 0.2) is 5.43 Å². The van der Waals surface area contributed by atoms with E-state index in [1.165, 1.54) is 12.3 Å². The van der Waals surface area contributed by atoms with Gasteiger partial charge < -0.3 is 9.82 Å². The second kappa shape index (κ2) is 4.44. The molecule has 2 amide bonds. The van der Waals surface area contributed by atoms with Crippen molar-refractivity contribution >= 4 is 17.8 Å². The molecule has 0 unspecified atom stereocenters. The molecule has 0 saturated carbocycles. The van der Waals surface area contributed by atoms with Crippen LogP contribution in [-0.4, -0.2) is 27.8 Å². The average Bonchev–Trinajstić information content (AvgIpc) is 2.60. The second-order valence-electron chi connectivity index (χ2n) is 3.85. The molecule has 18 heavy (non-hydrogen) atoms. The van der Waals surface area contributed by atoms with Gasteiger partial charge in [-0.05, 0) is 6.92 Å². The fourth-order valence-electron chi connectivity index (χ4n) is 1.52. The van der Waals surface area contributed by atoms with Crippen molar-refractivity contribution in [1.82, 2.24) is 10.0 Å². The summed E-state index contributed by atoms with van der Waals surface area (Å²) in [5.41, 5.74) is -0.201. The number of aromatic amines is 1. The Kier molecular flexibility index (Phi) is 2.97. The van der Waals surface area contributed by atoms with Gasteiger partial charge in [-0.1, -0.05) is 0 Å². The number of hydrogen-bond donors (Lipinski definition) is 1. The van der Waals surface area contributed by atoms with Crippen molar-refractivity contribution in [3.05, 3.63) is 33.7 Å². The first kappa shape index (κ1) is 12.0. The number of hydrogen-bond acceptors (Lipinski definition) is 5. The minimum absolute atomic E-state index is 0.0103. The number of imide groups is 1. The Hall–Kier alpha value is -2.44. The van der Waals surface area contributed by atoms with Gasteiger partial charge in [-0.2, -0.15) is 0 Å². The van der Waals surface area contributed by atoms with Gasteiger partial charge in [-0.3, -0.25) is 14.4 Å². The molecule has 94 valence electrons. The Morgan fingerprint density at radius 1 is 1.28 bits per heavy atom. The zero-order valence-electron chi connectivity index (χ0n) is 9.56. The van der Waals surface area contributed by atoms with Crippen molar-refractivity contribution in [3.63, 3.8) is 0 Å². The summed E-state index contributed by atoms with van der Waals surface area (Å²) in [6.07, 6.45) is 1.21. The third kappa shape index (κ3) is 2.15. The molecule has 0 bridgehead atoms. The van der Waals surface area contributed by atoms with E-state index in [9.17, 15) is 19.2 Å². The van der Waals surface area contributed by atoms with Gasteiger partial charge in [0.1, 0.15) is 5.56 Å². The number of nitrogens with zero attached hydrogens (tertiary/aromatic N) is 1. The number of amides is 2. The first-order valence-corrected chi connectivity index (χ1v) is 5.26. The number of nitrogens with one attached hydrogen (secondary N) is 1. The molecule has 1 saturated heterocycles. The third-order valence-corrected chi connectivity index (χ3v) is 2.46. The van der Waals surface area contributed by atoms with Crippen LogP contribution in [0, 0.1) is 6.92 Å². The van der Waals surface area contributed by atoms with Crippen LogP contribution in [0.1, 0.15) is 28.9 Å². The van der Waals surface area contributed by atoms with Gasteiger partial charge in [0.25, 0.3) is 11.8 Å². The maximum Gasteiger partial charge on any atom is 0.369 e. The lowest BCUT2D eigenvalue weighted by Crippen LogP contribution is -2.33. The lowest BCUT2D eigenvalue weighted by Gasteiger charge is -2.12. The van der Waals surface area contributed by atoms with Crippen LogP contribution in [-0.2, 0) is 14.4 Å². The van der Waals surface area contributed by atoms with E-state index in [4.69, 9.17) is 0 Å². The average molecular weight is 250 g/mol. The number of rotatable bonds is 2. The van der Waals surface area contributed by atoms with E-state index in [0.717, 1.165) is 0 Å². The van der Waals surface area contributed by atoms with Crippen LogP contribution in [0.3, 0.4) is 0 Å². The minimum Gasteiger partial charge on any atom is -0.364 e. The van der Waals surface area contributed by atoms with E-state index in [0.29, 0.717) is 10.8 Å². The smallest absolute Gasteiger partial charge is 0.364 e. The Bertz CT molecular complexity index is 573. The highest BCUT2D eigenvalue weighted by Gasteiger charge is 2.33. The van der Waals surface area contributed by atoms with Crippen LogP contribution in [0.15, 0.2) is 17.1 Å². The highest BCUT2D eigenvalue weighted by molar-refractivity contribution is 6.02. The van der Waals surface area contributed by atoms with Gasteiger partial charge in [-0.15, -0.1) is 5.06 Å². The first-order valence-electron chi connectivity index (χ1n) is 5.26. The fourth-order valence-corrected chi connectivity index (χ4v) is 1.52. The van der Waals surface area contributed by atoms with Crippen molar-refractivity contribution in [2.45, 2.75) is 19.8 Å². The SMILES string of the molecule is Cc1cc(=O)c(C(=O)ON2C(=O)CCC2=O)c[nH]1.